The van der Waals surface area contributed by atoms with Crippen molar-refractivity contribution >= 4 is 0 Å². The zero-order valence-electron chi connectivity index (χ0n) is 7.66. The van der Waals surface area contributed by atoms with E-state index in [9.17, 15) is 5.11 Å². The summed E-state index contributed by atoms with van der Waals surface area (Å²) in [5.41, 5.74) is 0.142. The zero-order chi connectivity index (χ0) is 9.31. The van der Waals surface area contributed by atoms with Crippen LogP contribution in [0.5, 0.6) is 5.75 Å². The molecule has 13 heavy (non-hydrogen) atoms. The van der Waals surface area contributed by atoms with Crippen molar-refractivity contribution in [2.24, 2.45) is 0 Å². The van der Waals surface area contributed by atoms with E-state index < -0.39 is 5.60 Å². The first-order valence-electron chi connectivity index (χ1n) is 4.47. The second-order valence-electron chi connectivity index (χ2n) is 3.46. The van der Waals surface area contributed by atoms with Gasteiger partial charge in [-0.25, -0.2) is 0 Å². The summed E-state index contributed by atoms with van der Waals surface area (Å²) in [5.74, 6) is 0.734. The van der Waals surface area contributed by atoms with Gasteiger partial charge in [-0.15, -0.1) is 0 Å². The standard InChI is InChI=1S/C10H13NO2/c1-13-9-3-6-11-7-8(9)10(12)4-2-5-10/h3,6-7,12H,2,4-5H2,1H3. The Kier molecular flexibility index (Phi) is 1.96. The Morgan fingerprint density at radius 2 is 2.31 bits per heavy atom. The molecule has 0 radical (unpaired) electrons. The summed E-state index contributed by atoms with van der Waals surface area (Å²) in [4.78, 5) is 4.00. The van der Waals surface area contributed by atoms with Crippen molar-refractivity contribution in [3.8, 4) is 5.75 Å². The summed E-state index contributed by atoms with van der Waals surface area (Å²) < 4.78 is 5.17. The van der Waals surface area contributed by atoms with Crippen LogP contribution in [0.3, 0.4) is 0 Å². The van der Waals surface area contributed by atoms with E-state index in [0.717, 1.165) is 30.6 Å². The van der Waals surface area contributed by atoms with Crippen molar-refractivity contribution in [1.82, 2.24) is 4.98 Å². The number of aromatic nitrogens is 1. The quantitative estimate of drug-likeness (QED) is 0.747. The predicted octanol–water partition coefficient (Wildman–Crippen LogP) is 1.46. The molecular weight excluding hydrogens is 166 g/mol. The summed E-state index contributed by atoms with van der Waals surface area (Å²) in [5, 5.41) is 10.1. The fourth-order valence-corrected chi connectivity index (χ4v) is 1.69. The van der Waals surface area contributed by atoms with Gasteiger partial charge in [0.2, 0.25) is 0 Å². The molecule has 1 saturated carbocycles. The van der Waals surface area contributed by atoms with Gasteiger partial charge < -0.3 is 9.84 Å². The SMILES string of the molecule is COc1ccncc1C1(O)CCC1. The first kappa shape index (κ1) is 8.51. The molecule has 0 atom stereocenters. The molecule has 1 aliphatic rings. The first-order chi connectivity index (χ1) is 6.26. The van der Waals surface area contributed by atoms with Crippen molar-refractivity contribution in [2.45, 2.75) is 24.9 Å². The number of pyridine rings is 1. The third kappa shape index (κ3) is 1.29. The molecule has 1 N–H and O–H groups in total. The van der Waals surface area contributed by atoms with Gasteiger partial charge in [-0.2, -0.15) is 0 Å². The van der Waals surface area contributed by atoms with E-state index in [1.54, 1.807) is 25.6 Å². The Hall–Kier alpha value is -1.09. The second-order valence-corrected chi connectivity index (χ2v) is 3.46. The normalized spacial score (nSPS) is 19.2. The number of hydrogen-bond donors (Lipinski definition) is 1. The Morgan fingerprint density at radius 3 is 2.85 bits per heavy atom. The summed E-state index contributed by atoms with van der Waals surface area (Å²) >= 11 is 0. The minimum absolute atomic E-state index is 0.681. The van der Waals surface area contributed by atoms with Gasteiger partial charge in [-0.1, -0.05) is 0 Å². The topological polar surface area (TPSA) is 42.4 Å². The Morgan fingerprint density at radius 1 is 1.54 bits per heavy atom. The third-order valence-electron chi connectivity index (χ3n) is 2.68. The first-order valence-corrected chi connectivity index (χ1v) is 4.47. The molecule has 3 heteroatoms. The lowest BCUT2D eigenvalue weighted by molar-refractivity contribution is -0.0407. The molecule has 0 unspecified atom stereocenters. The lowest BCUT2D eigenvalue weighted by Crippen LogP contribution is -2.34. The highest BCUT2D eigenvalue weighted by molar-refractivity contribution is 5.36. The van der Waals surface area contributed by atoms with E-state index in [-0.39, 0.29) is 0 Å². The minimum Gasteiger partial charge on any atom is -0.496 e. The van der Waals surface area contributed by atoms with Crippen LogP contribution in [0, 0.1) is 0 Å². The molecule has 70 valence electrons. The molecule has 2 rings (SSSR count). The van der Waals surface area contributed by atoms with Gasteiger partial charge in [0.1, 0.15) is 5.75 Å². The van der Waals surface area contributed by atoms with E-state index in [1.807, 2.05) is 0 Å². The highest BCUT2D eigenvalue weighted by Gasteiger charge is 2.38. The van der Waals surface area contributed by atoms with Crippen molar-refractivity contribution in [2.75, 3.05) is 7.11 Å². The third-order valence-corrected chi connectivity index (χ3v) is 2.68. The van der Waals surface area contributed by atoms with Crippen LogP contribution in [0.25, 0.3) is 0 Å². The monoisotopic (exact) mass is 179 g/mol. The van der Waals surface area contributed by atoms with Crippen LogP contribution in [0.4, 0.5) is 0 Å². The Balaban J connectivity index is 2.38. The fourth-order valence-electron chi connectivity index (χ4n) is 1.69. The maximum atomic E-state index is 10.1. The van der Waals surface area contributed by atoms with E-state index in [4.69, 9.17) is 4.74 Å². The van der Waals surface area contributed by atoms with Crippen LogP contribution in [-0.2, 0) is 5.60 Å². The van der Waals surface area contributed by atoms with Crippen LogP contribution >= 0.6 is 0 Å². The maximum absolute atomic E-state index is 10.1. The molecule has 0 amide bonds. The lowest BCUT2D eigenvalue weighted by atomic mass is 9.75. The second kappa shape index (κ2) is 3.00. The van der Waals surface area contributed by atoms with Crippen molar-refractivity contribution in [1.29, 1.82) is 0 Å². The Bertz CT molecular complexity index is 308. The summed E-state index contributed by atoms with van der Waals surface area (Å²) in [6.45, 7) is 0. The van der Waals surface area contributed by atoms with Crippen LogP contribution < -0.4 is 4.74 Å². The van der Waals surface area contributed by atoms with E-state index in [2.05, 4.69) is 4.98 Å². The Labute approximate surface area is 77.4 Å². The molecule has 0 aliphatic heterocycles. The van der Waals surface area contributed by atoms with Crippen LogP contribution in [0.1, 0.15) is 24.8 Å². The van der Waals surface area contributed by atoms with Gasteiger partial charge in [-0.05, 0) is 25.3 Å². The number of ether oxygens (including phenoxy) is 1. The molecule has 0 bridgehead atoms. The van der Waals surface area contributed by atoms with Gasteiger partial charge in [0.25, 0.3) is 0 Å². The largest absolute Gasteiger partial charge is 0.496 e. The average Bonchev–Trinajstić information content (AvgIpc) is 2.14. The van der Waals surface area contributed by atoms with E-state index in [1.165, 1.54) is 0 Å². The van der Waals surface area contributed by atoms with Crippen molar-refractivity contribution < 1.29 is 9.84 Å². The number of rotatable bonds is 2. The highest BCUT2D eigenvalue weighted by atomic mass is 16.5. The molecular formula is C10H13NO2. The summed E-state index contributed by atoms with van der Waals surface area (Å²) in [7, 11) is 1.61. The molecule has 1 aromatic heterocycles. The number of hydrogen-bond acceptors (Lipinski definition) is 3. The van der Waals surface area contributed by atoms with Gasteiger partial charge in [0, 0.05) is 18.0 Å². The van der Waals surface area contributed by atoms with Crippen molar-refractivity contribution in [3.05, 3.63) is 24.0 Å². The number of aliphatic hydroxyl groups is 1. The molecule has 1 aliphatic carbocycles. The fraction of sp³-hybridized carbons (Fsp3) is 0.500. The minimum atomic E-state index is -0.681. The van der Waals surface area contributed by atoms with Gasteiger partial charge in [-0.3, -0.25) is 4.98 Å². The molecule has 0 spiro atoms. The van der Waals surface area contributed by atoms with Crippen molar-refractivity contribution in [3.63, 3.8) is 0 Å². The highest BCUT2D eigenvalue weighted by Crippen LogP contribution is 2.44. The van der Waals surface area contributed by atoms with Gasteiger partial charge in [0.05, 0.1) is 12.7 Å². The van der Waals surface area contributed by atoms with E-state index >= 15 is 0 Å². The van der Waals surface area contributed by atoms with Crippen LogP contribution in [0.2, 0.25) is 0 Å². The predicted molar refractivity (Wildman–Crippen MR) is 48.5 cm³/mol. The molecule has 3 nitrogen and oxygen atoms in total. The smallest absolute Gasteiger partial charge is 0.128 e. The lowest BCUT2D eigenvalue weighted by Gasteiger charge is -2.37. The average molecular weight is 179 g/mol. The number of nitrogens with zero attached hydrogens (tertiary/aromatic N) is 1. The van der Waals surface area contributed by atoms with Gasteiger partial charge >= 0.3 is 0 Å². The van der Waals surface area contributed by atoms with E-state index in [0.29, 0.717) is 0 Å². The molecule has 1 fully saturated rings. The van der Waals surface area contributed by atoms with Crippen LogP contribution in [-0.4, -0.2) is 17.2 Å². The summed E-state index contributed by atoms with van der Waals surface area (Å²) in [6.07, 6.45) is 6.07. The zero-order valence-corrected chi connectivity index (χ0v) is 7.66. The number of methoxy groups -OCH3 is 1. The maximum Gasteiger partial charge on any atom is 0.128 e. The van der Waals surface area contributed by atoms with Gasteiger partial charge in [0.15, 0.2) is 0 Å². The van der Waals surface area contributed by atoms with Crippen LogP contribution in [0.15, 0.2) is 18.5 Å². The molecule has 1 aromatic rings. The molecule has 0 aromatic carbocycles. The molecule has 0 saturated heterocycles. The molecule has 1 heterocycles. The summed E-state index contributed by atoms with van der Waals surface area (Å²) in [6, 6.07) is 1.78.